The van der Waals surface area contributed by atoms with Crippen LogP contribution in [0.25, 0.3) is 0 Å². The van der Waals surface area contributed by atoms with Crippen LogP contribution in [0.3, 0.4) is 0 Å². The van der Waals surface area contributed by atoms with Gasteiger partial charge in [0.15, 0.2) is 0 Å². The Hall–Kier alpha value is -1.29. The van der Waals surface area contributed by atoms with E-state index in [0.717, 1.165) is 12.8 Å². The lowest BCUT2D eigenvalue weighted by atomic mass is 10.1. The Kier molecular flexibility index (Phi) is 4.75. The molecule has 0 unspecified atom stereocenters. The standard InChI is InChI=1S/C12H17ClN2O2/c1-4-8(5-2)15(3)11-9(12(16)17)6-7-10(13)14-11/h6-8H,4-5H2,1-3H3,(H,16,17). The Morgan fingerprint density at radius 1 is 1.47 bits per heavy atom. The van der Waals surface area contributed by atoms with Crippen LogP contribution in [-0.4, -0.2) is 29.1 Å². The van der Waals surface area contributed by atoms with E-state index in [4.69, 9.17) is 16.7 Å². The Bertz CT molecular complexity index is 405. The van der Waals surface area contributed by atoms with Crippen molar-refractivity contribution in [1.29, 1.82) is 0 Å². The molecule has 0 amide bonds. The number of pyridine rings is 1. The van der Waals surface area contributed by atoms with Gasteiger partial charge < -0.3 is 10.0 Å². The van der Waals surface area contributed by atoms with Crippen molar-refractivity contribution in [3.05, 3.63) is 22.8 Å². The molecule has 0 bridgehead atoms. The van der Waals surface area contributed by atoms with E-state index in [0.29, 0.717) is 11.0 Å². The van der Waals surface area contributed by atoms with Crippen molar-refractivity contribution in [2.75, 3.05) is 11.9 Å². The van der Waals surface area contributed by atoms with Crippen molar-refractivity contribution >= 4 is 23.4 Å². The number of carboxylic acids is 1. The monoisotopic (exact) mass is 256 g/mol. The van der Waals surface area contributed by atoms with Gasteiger partial charge in [0.05, 0.1) is 0 Å². The molecule has 5 heteroatoms. The maximum atomic E-state index is 11.1. The molecular formula is C12H17ClN2O2. The molecule has 0 spiro atoms. The molecular weight excluding hydrogens is 240 g/mol. The molecule has 0 atom stereocenters. The fraction of sp³-hybridized carbons (Fsp3) is 0.500. The molecule has 0 aliphatic heterocycles. The van der Waals surface area contributed by atoms with Crippen molar-refractivity contribution < 1.29 is 9.90 Å². The summed E-state index contributed by atoms with van der Waals surface area (Å²) in [6, 6.07) is 3.25. The van der Waals surface area contributed by atoms with Crippen molar-refractivity contribution in [3.63, 3.8) is 0 Å². The first kappa shape index (κ1) is 13.8. The van der Waals surface area contributed by atoms with Crippen molar-refractivity contribution in [2.24, 2.45) is 0 Å². The zero-order valence-electron chi connectivity index (χ0n) is 10.3. The molecule has 0 saturated heterocycles. The van der Waals surface area contributed by atoms with Gasteiger partial charge in [0.2, 0.25) is 0 Å². The predicted molar refractivity (Wildman–Crippen MR) is 69.0 cm³/mol. The second kappa shape index (κ2) is 5.87. The number of rotatable bonds is 5. The van der Waals surface area contributed by atoms with Crippen LogP contribution in [0, 0.1) is 0 Å². The van der Waals surface area contributed by atoms with E-state index in [9.17, 15) is 4.79 Å². The van der Waals surface area contributed by atoms with Gasteiger partial charge in [-0.2, -0.15) is 0 Å². The van der Waals surface area contributed by atoms with Crippen molar-refractivity contribution in [3.8, 4) is 0 Å². The fourth-order valence-electron chi connectivity index (χ4n) is 1.87. The van der Waals surface area contributed by atoms with Crippen LogP contribution in [-0.2, 0) is 0 Å². The molecule has 0 aromatic carbocycles. The quantitative estimate of drug-likeness (QED) is 0.823. The number of nitrogens with zero attached hydrogens (tertiary/aromatic N) is 2. The molecule has 1 N–H and O–H groups in total. The summed E-state index contributed by atoms with van der Waals surface area (Å²) < 4.78 is 0. The number of aromatic nitrogens is 1. The first-order valence-corrected chi connectivity index (χ1v) is 6.01. The summed E-state index contributed by atoms with van der Waals surface area (Å²) in [6.07, 6.45) is 1.86. The first-order chi connectivity index (χ1) is 8.01. The third kappa shape index (κ3) is 3.09. The Balaban J connectivity index is 3.18. The molecule has 0 saturated carbocycles. The van der Waals surface area contributed by atoms with Crippen molar-refractivity contribution in [1.82, 2.24) is 4.98 Å². The lowest BCUT2D eigenvalue weighted by Gasteiger charge is -2.28. The lowest BCUT2D eigenvalue weighted by molar-refractivity contribution is 0.0697. The highest BCUT2D eigenvalue weighted by Gasteiger charge is 2.19. The number of halogens is 1. The van der Waals surface area contributed by atoms with Crippen molar-refractivity contribution in [2.45, 2.75) is 32.7 Å². The van der Waals surface area contributed by atoms with Crippen LogP contribution < -0.4 is 4.90 Å². The number of hydrogen-bond acceptors (Lipinski definition) is 3. The molecule has 1 aromatic rings. The second-order valence-electron chi connectivity index (χ2n) is 3.89. The van der Waals surface area contributed by atoms with E-state index in [1.807, 2.05) is 11.9 Å². The summed E-state index contributed by atoms with van der Waals surface area (Å²) in [4.78, 5) is 17.1. The zero-order valence-corrected chi connectivity index (χ0v) is 11.0. The molecule has 1 heterocycles. The van der Waals surface area contributed by atoms with Gasteiger partial charge in [-0.25, -0.2) is 9.78 Å². The van der Waals surface area contributed by atoms with Gasteiger partial charge in [-0.15, -0.1) is 0 Å². The Morgan fingerprint density at radius 2 is 2.06 bits per heavy atom. The maximum absolute atomic E-state index is 11.1. The minimum atomic E-state index is -0.984. The molecule has 0 aliphatic carbocycles. The highest BCUT2D eigenvalue weighted by atomic mass is 35.5. The fourth-order valence-corrected chi connectivity index (χ4v) is 2.01. The van der Waals surface area contributed by atoms with E-state index in [1.54, 1.807) is 0 Å². The van der Waals surface area contributed by atoms with Gasteiger partial charge in [-0.05, 0) is 25.0 Å². The van der Waals surface area contributed by atoms with Crippen LogP contribution in [0.15, 0.2) is 12.1 Å². The Labute approximate surface area is 106 Å². The normalized spacial score (nSPS) is 10.6. The second-order valence-corrected chi connectivity index (χ2v) is 4.28. The molecule has 0 radical (unpaired) electrons. The summed E-state index contributed by atoms with van der Waals surface area (Å²) in [5.74, 6) is -0.555. The largest absolute Gasteiger partial charge is 0.478 e. The van der Waals surface area contributed by atoms with Crippen LogP contribution >= 0.6 is 11.6 Å². The molecule has 0 fully saturated rings. The number of carbonyl (C=O) groups is 1. The van der Waals surface area contributed by atoms with Gasteiger partial charge in [0, 0.05) is 13.1 Å². The first-order valence-electron chi connectivity index (χ1n) is 5.63. The summed E-state index contributed by atoms with van der Waals surface area (Å²) in [5, 5.41) is 9.43. The van der Waals surface area contributed by atoms with Gasteiger partial charge >= 0.3 is 5.97 Å². The number of aromatic carboxylic acids is 1. The van der Waals surface area contributed by atoms with E-state index < -0.39 is 5.97 Å². The molecule has 4 nitrogen and oxygen atoms in total. The number of hydrogen-bond donors (Lipinski definition) is 1. The van der Waals surface area contributed by atoms with Crippen LogP contribution in [0.5, 0.6) is 0 Å². The summed E-state index contributed by atoms with van der Waals surface area (Å²) >= 11 is 5.83. The van der Waals surface area contributed by atoms with E-state index in [2.05, 4.69) is 18.8 Å². The summed E-state index contributed by atoms with van der Waals surface area (Å²) in [7, 11) is 1.85. The highest BCUT2D eigenvalue weighted by molar-refractivity contribution is 6.29. The number of anilines is 1. The highest BCUT2D eigenvalue weighted by Crippen LogP contribution is 2.23. The molecule has 94 valence electrons. The minimum absolute atomic E-state index is 0.184. The van der Waals surface area contributed by atoms with Gasteiger partial charge in [0.25, 0.3) is 0 Å². The Morgan fingerprint density at radius 3 is 2.53 bits per heavy atom. The van der Waals surface area contributed by atoms with E-state index >= 15 is 0 Å². The predicted octanol–water partition coefficient (Wildman–Crippen LogP) is 3.06. The SMILES string of the molecule is CCC(CC)N(C)c1nc(Cl)ccc1C(=O)O. The van der Waals surface area contributed by atoms with Gasteiger partial charge in [0.1, 0.15) is 16.5 Å². The summed E-state index contributed by atoms with van der Waals surface area (Å²) in [5.41, 5.74) is 0.184. The molecule has 17 heavy (non-hydrogen) atoms. The average molecular weight is 257 g/mol. The number of carboxylic acid groups (broad SMARTS) is 1. The third-order valence-electron chi connectivity index (χ3n) is 2.90. The van der Waals surface area contributed by atoms with E-state index in [1.165, 1.54) is 12.1 Å². The third-order valence-corrected chi connectivity index (χ3v) is 3.11. The average Bonchev–Trinajstić information content (AvgIpc) is 2.29. The van der Waals surface area contributed by atoms with Gasteiger partial charge in [-0.3, -0.25) is 0 Å². The van der Waals surface area contributed by atoms with Crippen LogP contribution in [0.2, 0.25) is 5.15 Å². The molecule has 0 aliphatic rings. The minimum Gasteiger partial charge on any atom is -0.478 e. The summed E-state index contributed by atoms with van der Waals surface area (Å²) in [6.45, 7) is 4.13. The zero-order chi connectivity index (χ0) is 13.0. The topological polar surface area (TPSA) is 53.4 Å². The van der Waals surface area contributed by atoms with Gasteiger partial charge in [-0.1, -0.05) is 25.4 Å². The smallest absolute Gasteiger partial charge is 0.339 e. The van der Waals surface area contributed by atoms with Crippen LogP contribution in [0.4, 0.5) is 5.82 Å². The van der Waals surface area contributed by atoms with E-state index in [-0.39, 0.29) is 11.6 Å². The molecule has 1 aromatic heterocycles. The molecule has 1 rings (SSSR count). The lowest BCUT2D eigenvalue weighted by Crippen LogP contribution is -2.32. The van der Waals surface area contributed by atoms with Crippen LogP contribution in [0.1, 0.15) is 37.0 Å². The maximum Gasteiger partial charge on any atom is 0.339 e.